The molecule has 19 heteroatoms. The fourth-order valence-electron chi connectivity index (χ4n) is 10.5. The highest BCUT2D eigenvalue weighted by Crippen LogP contribution is 2.33. The molecule has 3 saturated heterocycles. The van der Waals surface area contributed by atoms with Crippen molar-refractivity contribution in [1.29, 1.82) is 0 Å². The predicted molar refractivity (Wildman–Crippen MR) is 323 cm³/mol. The molecule has 0 aromatic carbocycles. The van der Waals surface area contributed by atoms with Crippen molar-refractivity contribution in [2.45, 2.75) is 304 Å². The number of allylic oxidation sites excluding steroid dienone is 11. The van der Waals surface area contributed by atoms with Gasteiger partial charge in [-0.2, -0.15) is 0 Å². The molecule has 19 nitrogen and oxygen atoms in total. The van der Waals surface area contributed by atoms with Gasteiger partial charge in [0.25, 0.3) is 0 Å². The minimum Gasteiger partial charge on any atom is -0.394 e. The third kappa shape index (κ3) is 30.0. The minimum absolute atomic E-state index is 0.229. The van der Waals surface area contributed by atoms with Crippen LogP contribution in [0.4, 0.5) is 0 Å². The molecule has 3 aliphatic rings. The van der Waals surface area contributed by atoms with Gasteiger partial charge in [0.05, 0.1) is 38.6 Å². The van der Waals surface area contributed by atoms with Crippen molar-refractivity contribution >= 4 is 5.91 Å². The average molecular weight is 1200 g/mol. The Morgan fingerprint density at radius 2 is 0.833 bits per heavy atom. The Bertz CT molecular complexity index is 1810. The molecule has 3 heterocycles. The van der Waals surface area contributed by atoms with Gasteiger partial charge in [0.2, 0.25) is 5.91 Å². The van der Waals surface area contributed by atoms with E-state index in [1.807, 2.05) is 6.08 Å². The van der Waals surface area contributed by atoms with Crippen LogP contribution in [0.2, 0.25) is 0 Å². The van der Waals surface area contributed by atoms with Gasteiger partial charge in [0, 0.05) is 6.42 Å². The normalized spacial score (nSPS) is 29.7. The number of hydrogen-bond acceptors (Lipinski definition) is 18. The van der Waals surface area contributed by atoms with E-state index in [4.69, 9.17) is 28.4 Å². The molecule has 12 N–H and O–H groups in total. The summed E-state index contributed by atoms with van der Waals surface area (Å²) in [5.74, 6) is -0.291. The molecule has 0 spiro atoms. The molecule has 0 aromatic rings. The van der Waals surface area contributed by atoms with Crippen molar-refractivity contribution in [2.75, 3.05) is 26.4 Å². The van der Waals surface area contributed by atoms with Gasteiger partial charge in [-0.15, -0.1) is 0 Å². The fourth-order valence-corrected chi connectivity index (χ4v) is 10.5. The summed E-state index contributed by atoms with van der Waals surface area (Å²) in [5, 5.41) is 120. The van der Waals surface area contributed by atoms with E-state index < -0.39 is 124 Å². The van der Waals surface area contributed by atoms with Crippen molar-refractivity contribution < 1.29 is 89.4 Å². The summed E-state index contributed by atoms with van der Waals surface area (Å²) in [6.07, 6.45) is 30.2. The lowest BCUT2D eigenvalue weighted by atomic mass is 9.96. The van der Waals surface area contributed by atoms with E-state index in [0.29, 0.717) is 12.8 Å². The molecule has 3 fully saturated rings. The van der Waals surface area contributed by atoms with Crippen molar-refractivity contribution in [3.05, 3.63) is 72.9 Å². The summed E-state index contributed by atoms with van der Waals surface area (Å²) in [4.78, 5) is 13.4. The lowest BCUT2D eigenvalue weighted by Gasteiger charge is -2.48. The Morgan fingerprint density at radius 3 is 1.33 bits per heavy atom. The van der Waals surface area contributed by atoms with Gasteiger partial charge in [0.15, 0.2) is 18.9 Å². The summed E-state index contributed by atoms with van der Waals surface area (Å²) in [6.45, 7) is 1.57. The van der Waals surface area contributed by atoms with Gasteiger partial charge in [-0.3, -0.25) is 4.79 Å². The maximum Gasteiger partial charge on any atom is 0.220 e. The number of aliphatic hydroxyl groups excluding tert-OH is 11. The molecule has 0 saturated carbocycles. The highest BCUT2D eigenvalue weighted by Gasteiger charge is 2.53. The Balaban J connectivity index is 1.45. The van der Waals surface area contributed by atoms with Gasteiger partial charge in [-0.25, -0.2) is 0 Å². The summed E-state index contributed by atoms with van der Waals surface area (Å²) >= 11 is 0. The van der Waals surface area contributed by atoms with E-state index >= 15 is 0 Å². The number of carbonyl (C=O) groups is 1. The third-order valence-electron chi connectivity index (χ3n) is 15.7. The zero-order chi connectivity index (χ0) is 61.2. The summed E-state index contributed by atoms with van der Waals surface area (Å²) in [7, 11) is 0. The lowest BCUT2D eigenvalue weighted by Crippen LogP contribution is -2.66. The van der Waals surface area contributed by atoms with E-state index in [2.05, 4.69) is 79.9 Å². The third-order valence-corrected chi connectivity index (χ3v) is 15.7. The second kappa shape index (κ2) is 47.3. The Labute approximate surface area is 502 Å². The average Bonchev–Trinajstić information content (AvgIpc) is 3.68. The number of ether oxygens (including phenoxy) is 6. The van der Waals surface area contributed by atoms with E-state index in [1.165, 1.54) is 89.9 Å². The molecule has 3 aliphatic heterocycles. The molecule has 0 aromatic heterocycles. The first kappa shape index (κ1) is 75.5. The molecule has 84 heavy (non-hydrogen) atoms. The van der Waals surface area contributed by atoms with Crippen LogP contribution in [0.1, 0.15) is 200 Å². The number of unbranched alkanes of at least 4 members (excludes halogenated alkanes) is 21. The highest BCUT2D eigenvalue weighted by molar-refractivity contribution is 5.76. The van der Waals surface area contributed by atoms with E-state index in [0.717, 1.165) is 77.0 Å². The van der Waals surface area contributed by atoms with Crippen LogP contribution in [-0.4, -0.2) is 193 Å². The zero-order valence-electron chi connectivity index (χ0n) is 50.9. The van der Waals surface area contributed by atoms with E-state index in [9.17, 15) is 61.0 Å². The number of nitrogens with one attached hydrogen (secondary N) is 1. The fraction of sp³-hybridized carbons (Fsp3) is 0.800. The molecule has 486 valence electrons. The summed E-state index contributed by atoms with van der Waals surface area (Å²) in [5.41, 5.74) is 0. The molecule has 3 rings (SSSR count). The van der Waals surface area contributed by atoms with Crippen molar-refractivity contribution in [3.8, 4) is 0 Å². The summed E-state index contributed by atoms with van der Waals surface area (Å²) < 4.78 is 34.3. The number of hydrogen-bond donors (Lipinski definition) is 12. The van der Waals surface area contributed by atoms with Crippen LogP contribution in [0.5, 0.6) is 0 Å². The number of aliphatic hydroxyl groups is 11. The zero-order valence-corrected chi connectivity index (χ0v) is 50.9. The van der Waals surface area contributed by atoms with Crippen LogP contribution in [0.25, 0.3) is 0 Å². The second-order valence-electron chi connectivity index (χ2n) is 22.8. The van der Waals surface area contributed by atoms with Gasteiger partial charge >= 0.3 is 0 Å². The standard InChI is InChI=1S/C65H113NO18/c1-3-5-7-9-11-13-15-17-19-20-21-22-23-24-25-26-27-28-29-31-33-35-37-39-41-43-53(71)66-48(49(70)42-40-38-36-34-32-30-18-16-14-12-10-8-6-4-2)47-79-63-59(77)56(74)61(51(45-68)81-63)84-65-60(78)57(75)62(52(46-69)82-65)83-64-58(76)55(73)54(72)50(44-67)80-64/h5,7,11,13,17,19,21-22,32,34,40,42,48-52,54-65,67-70,72-78H,3-4,6,8-10,12,14-16,18,20,23-31,33,35-39,41,43-47H2,1-2H3,(H,66,71)/b7-5-,13-11-,19-17-,22-21-,34-32+,42-40+. The quantitative estimate of drug-likeness (QED) is 0.0216. The van der Waals surface area contributed by atoms with Gasteiger partial charge in [0.1, 0.15) is 73.2 Å². The molecule has 0 aliphatic carbocycles. The first-order chi connectivity index (χ1) is 40.8. The van der Waals surface area contributed by atoms with E-state index in [1.54, 1.807) is 6.08 Å². The van der Waals surface area contributed by atoms with Gasteiger partial charge in [-0.1, -0.05) is 196 Å². The van der Waals surface area contributed by atoms with Crippen LogP contribution in [0.3, 0.4) is 0 Å². The largest absolute Gasteiger partial charge is 0.394 e. The van der Waals surface area contributed by atoms with Crippen LogP contribution < -0.4 is 5.32 Å². The van der Waals surface area contributed by atoms with Crippen molar-refractivity contribution in [2.24, 2.45) is 0 Å². The molecule has 17 atom stereocenters. The van der Waals surface area contributed by atoms with Crippen molar-refractivity contribution in [1.82, 2.24) is 5.32 Å². The Morgan fingerprint density at radius 1 is 0.440 bits per heavy atom. The van der Waals surface area contributed by atoms with Crippen LogP contribution in [0.15, 0.2) is 72.9 Å². The van der Waals surface area contributed by atoms with Gasteiger partial charge in [-0.05, 0) is 70.6 Å². The first-order valence-corrected chi connectivity index (χ1v) is 32.2. The first-order valence-electron chi connectivity index (χ1n) is 32.2. The molecule has 1 amide bonds. The van der Waals surface area contributed by atoms with Crippen molar-refractivity contribution in [3.63, 3.8) is 0 Å². The number of carbonyl (C=O) groups excluding carboxylic acids is 1. The molecule has 0 radical (unpaired) electrons. The maximum absolute atomic E-state index is 13.4. The van der Waals surface area contributed by atoms with Crippen LogP contribution >= 0.6 is 0 Å². The molecular formula is C65H113NO18. The highest BCUT2D eigenvalue weighted by atomic mass is 16.8. The second-order valence-corrected chi connectivity index (χ2v) is 22.8. The number of rotatable bonds is 47. The molecule has 0 bridgehead atoms. The monoisotopic (exact) mass is 1200 g/mol. The molecule has 17 unspecified atom stereocenters. The van der Waals surface area contributed by atoms with Gasteiger partial charge < -0.3 is 89.9 Å². The molecular weight excluding hydrogens is 1080 g/mol. The maximum atomic E-state index is 13.4. The van der Waals surface area contributed by atoms with E-state index in [-0.39, 0.29) is 18.9 Å². The smallest absolute Gasteiger partial charge is 0.220 e. The minimum atomic E-state index is -1.98. The summed E-state index contributed by atoms with van der Waals surface area (Å²) in [6, 6.07) is -0.993. The Hall–Kier alpha value is -2.77. The predicted octanol–water partition coefficient (Wildman–Crippen LogP) is 6.99. The topological polar surface area (TPSA) is 307 Å². The Kier molecular flexibility index (Phi) is 42.5. The lowest BCUT2D eigenvalue weighted by molar-refractivity contribution is -0.379. The SMILES string of the molecule is CC/C=C\C/C=C\C/C=C\C/C=C\CCCCCCCCCCCCCCC(=O)NC(COC1OC(CO)C(OC2OC(CO)C(OC3OC(CO)C(O)C(O)C3O)C(O)C2O)C(O)C1O)C(O)/C=C/CC/C=C/CCCCCCCCCC. The van der Waals surface area contributed by atoms with Crippen LogP contribution in [0, 0.1) is 0 Å². The number of amides is 1. The van der Waals surface area contributed by atoms with Crippen LogP contribution in [-0.2, 0) is 33.2 Å².